The number of ether oxygens (including phenoxy) is 1. The highest BCUT2D eigenvalue weighted by molar-refractivity contribution is 5.76. The number of fused-ring (bicyclic) bond motifs is 2. The van der Waals surface area contributed by atoms with Gasteiger partial charge < -0.3 is 15.4 Å². The molecule has 2 heterocycles. The van der Waals surface area contributed by atoms with E-state index in [1.54, 1.807) is 12.1 Å². The van der Waals surface area contributed by atoms with E-state index >= 15 is 0 Å². The second-order valence-electron chi connectivity index (χ2n) is 6.34. The minimum absolute atomic E-state index is 0.0918. The number of benzene rings is 1. The van der Waals surface area contributed by atoms with Crippen molar-refractivity contribution in [2.75, 3.05) is 13.2 Å². The van der Waals surface area contributed by atoms with Crippen LogP contribution in [-0.2, 0) is 4.79 Å². The zero-order valence-electron chi connectivity index (χ0n) is 12.7. The summed E-state index contributed by atoms with van der Waals surface area (Å²) >= 11 is 0. The average Bonchev–Trinajstić information content (AvgIpc) is 2.83. The maximum atomic E-state index is 13.0. The van der Waals surface area contributed by atoms with E-state index in [9.17, 15) is 9.18 Å². The van der Waals surface area contributed by atoms with E-state index in [0.29, 0.717) is 43.3 Å². The summed E-state index contributed by atoms with van der Waals surface area (Å²) in [5, 5.41) is 6.47. The van der Waals surface area contributed by atoms with Gasteiger partial charge in [-0.15, -0.1) is 0 Å². The van der Waals surface area contributed by atoms with Crippen LogP contribution >= 0.6 is 0 Å². The lowest BCUT2D eigenvalue weighted by molar-refractivity contribution is -0.122. The zero-order valence-corrected chi connectivity index (χ0v) is 12.7. The predicted molar refractivity (Wildman–Crippen MR) is 82.2 cm³/mol. The molecule has 2 atom stereocenters. The molecule has 0 saturated carbocycles. The van der Waals surface area contributed by atoms with Gasteiger partial charge in [0.15, 0.2) is 0 Å². The molecule has 1 amide bonds. The molecule has 0 aromatic heterocycles. The summed E-state index contributed by atoms with van der Waals surface area (Å²) in [6.07, 6.45) is 5.34. The number of carbonyl (C=O) groups excluding carboxylic acids is 1. The number of halogens is 1. The summed E-state index contributed by atoms with van der Waals surface area (Å²) in [4.78, 5) is 12.0. The van der Waals surface area contributed by atoms with Crippen molar-refractivity contribution in [1.82, 2.24) is 10.6 Å². The Morgan fingerprint density at radius 1 is 1.32 bits per heavy atom. The van der Waals surface area contributed by atoms with Crippen LogP contribution in [0, 0.1) is 11.7 Å². The van der Waals surface area contributed by atoms with Crippen LogP contribution in [0.15, 0.2) is 24.3 Å². The number of amides is 1. The Morgan fingerprint density at radius 2 is 2.09 bits per heavy atom. The first-order valence-corrected chi connectivity index (χ1v) is 8.10. The Labute approximate surface area is 130 Å². The van der Waals surface area contributed by atoms with Crippen molar-refractivity contribution >= 4 is 5.91 Å². The second kappa shape index (κ2) is 7.09. The standard InChI is InChI=1S/C17H23FN2O2/c18-13-2-1-3-16(11-13)22-7-6-19-17(21)10-12-8-14-4-5-15(9-12)20-14/h1-3,11-12,14-15,20H,4-10H2,(H,19,21). The molecule has 0 radical (unpaired) electrons. The van der Waals surface area contributed by atoms with Crippen molar-refractivity contribution in [2.24, 2.45) is 5.92 Å². The van der Waals surface area contributed by atoms with Gasteiger partial charge in [0, 0.05) is 24.6 Å². The number of rotatable bonds is 6. The molecule has 3 rings (SSSR count). The van der Waals surface area contributed by atoms with Crippen LogP contribution in [0.4, 0.5) is 4.39 Å². The second-order valence-corrected chi connectivity index (χ2v) is 6.34. The third kappa shape index (κ3) is 4.19. The normalized spacial score (nSPS) is 26.7. The first-order chi connectivity index (χ1) is 10.7. The number of hydrogen-bond donors (Lipinski definition) is 2. The summed E-state index contributed by atoms with van der Waals surface area (Å²) in [5.74, 6) is 0.767. The molecule has 2 unspecified atom stereocenters. The first-order valence-electron chi connectivity index (χ1n) is 8.10. The highest BCUT2D eigenvalue weighted by atomic mass is 19.1. The molecule has 1 aromatic carbocycles. The van der Waals surface area contributed by atoms with Gasteiger partial charge in [0.1, 0.15) is 18.2 Å². The number of carbonyl (C=O) groups is 1. The molecule has 22 heavy (non-hydrogen) atoms. The quantitative estimate of drug-likeness (QED) is 0.793. The minimum Gasteiger partial charge on any atom is -0.492 e. The van der Waals surface area contributed by atoms with Crippen molar-refractivity contribution in [3.05, 3.63) is 30.1 Å². The fraction of sp³-hybridized carbons (Fsp3) is 0.588. The van der Waals surface area contributed by atoms with Crippen LogP contribution in [-0.4, -0.2) is 31.1 Å². The Kier molecular flexibility index (Phi) is 4.93. The Bertz CT molecular complexity index is 511. The van der Waals surface area contributed by atoms with Crippen LogP contribution < -0.4 is 15.4 Å². The summed E-state index contributed by atoms with van der Waals surface area (Å²) < 4.78 is 18.4. The van der Waals surface area contributed by atoms with Gasteiger partial charge in [0.25, 0.3) is 0 Å². The zero-order chi connectivity index (χ0) is 15.4. The molecule has 0 spiro atoms. The molecule has 2 bridgehead atoms. The number of piperidine rings is 1. The first kappa shape index (κ1) is 15.3. The summed E-state index contributed by atoms with van der Waals surface area (Å²) in [7, 11) is 0. The van der Waals surface area contributed by atoms with Crippen molar-refractivity contribution in [1.29, 1.82) is 0 Å². The molecule has 1 aromatic rings. The van der Waals surface area contributed by atoms with Crippen LogP contribution in [0.3, 0.4) is 0 Å². The van der Waals surface area contributed by atoms with Gasteiger partial charge in [0.05, 0.1) is 6.54 Å². The highest BCUT2D eigenvalue weighted by Gasteiger charge is 2.33. The van der Waals surface area contributed by atoms with Gasteiger partial charge in [-0.05, 0) is 43.7 Å². The third-order valence-electron chi connectivity index (χ3n) is 4.53. The minimum atomic E-state index is -0.318. The Morgan fingerprint density at radius 3 is 2.82 bits per heavy atom. The maximum absolute atomic E-state index is 13.0. The lowest BCUT2D eigenvalue weighted by atomic mass is 9.89. The maximum Gasteiger partial charge on any atom is 0.220 e. The molecule has 2 fully saturated rings. The molecule has 2 saturated heterocycles. The molecule has 2 aliphatic heterocycles. The van der Waals surface area contributed by atoms with E-state index in [-0.39, 0.29) is 11.7 Å². The summed E-state index contributed by atoms with van der Waals surface area (Å²) in [6.45, 7) is 0.805. The van der Waals surface area contributed by atoms with Crippen LogP contribution in [0.1, 0.15) is 32.1 Å². The van der Waals surface area contributed by atoms with E-state index < -0.39 is 0 Å². The third-order valence-corrected chi connectivity index (χ3v) is 4.53. The largest absolute Gasteiger partial charge is 0.492 e. The fourth-order valence-electron chi connectivity index (χ4n) is 3.59. The van der Waals surface area contributed by atoms with E-state index in [4.69, 9.17) is 4.74 Å². The molecule has 2 aliphatic rings. The van der Waals surface area contributed by atoms with E-state index in [0.717, 1.165) is 12.8 Å². The average molecular weight is 306 g/mol. The molecular weight excluding hydrogens is 283 g/mol. The SMILES string of the molecule is O=C(CC1CC2CCC(C1)N2)NCCOc1cccc(F)c1. The molecule has 5 heteroatoms. The van der Waals surface area contributed by atoms with Gasteiger partial charge in [0.2, 0.25) is 5.91 Å². The Hall–Kier alpha value is -1.62. The molecule has 4 nitrogen and oxygen atoms in total. The van der Waals surface area contributed by atoms with Gasteiger partial charge in [-0.2, -0.15) is 0 Å². The van der Waals surface area contributed by atoms with Crippen molar-refractivity contribution in [3.63, 3.8) is 0 Å². The fourth-order valence-corrected chi connectivity index (χ4v) is 3.59. The molecular formula is C17H23FN2O2. The van der Waals surface area contributed by atoms with Gasteiger partial charge in [-0.25, -0.2) is 4.39 Å². The molecule has 120 valence electrons. The monoisotopic (exact) mass is 306 g/mol. The van der Waals surface area contributed by atoms with Crippen molar-refractivity contribution in [2.45, 2.75) is 44.2 Å². The van der Waals surface area contributed by atoms with Crippen molar-refractivity contribution < 1.29 is 13.9 Å². The molecule has 0 aliphatic carbocycles. The van der Waals surface area contributed by atoms with Crippen molar-refractivity contribution in [3.8, 4) is 5.75 Å². The lowest BCUT2D eigenvalue weighted by Crippen LogP contribution is -2.40. The van der Waals surface area contributed by atoms with Crippen LogP contribution in [0.25, 0.3) is 0 Å². The topological polar surface area (TPSA) is 50.4 Å². The van der Waals surface area contributed by atoms with E-state index in [1.165, 1.54) is 25.0 Å². The van der Waals surface area contributed by atoms with Crippen LogP contribution in [0.2, 0.25) is 0 Å². The molecule has 2 N–H and O–H groups in total. The van der Waals surface area contributed by atoms with Crippen LogP contribution in [0.5, 0.6) is 5.75 Å². The number of hydrogen-bond acceptors (Lipinski definition) is 3. The summed E-state index contributed by atoms with van der Waals surface area (Å²) in [5.41, 5.74) is 0. The van der Waals surface area contributed by atoms with Gasteiger partial charge in [-0.1, -0.05) is 6.07 Å². The van der Waals surface area contributed by atoms with E-state index in [2.05, 4.69) is 10.6 Å². The summed E-state index contributed by atoms with van der Waals surface area (Å²) in [6, 6.07) is 7.26. The van der Waals surface area contributed by atoms with Gasteiger partial charge in [-0.3, -0.25) is 4.79 Å². The van der Waals surface area contributed by atoms with Gasteiger partial charge >= 0.3 is 0 Å². The van der Waals surface area contributed by atoms with E-state index in [1.807, 2.05) is 0 Å². The predicted octanol–water partition coefficient (Wildman–Crippen LogP) is 2.24. The lowest BCUT2D eigenvalue weighted by Gasteiger charge is -2.28. The Balaban J connectivity index is 1.33. The smallest absolute Gasteiger partial charge is 0.220 e. The highest BCUT2D eigenvalue weighted by Crippen LogP contribution is 2.32. The number of nitrogens with one attached hydrogen (secondary N) is 2.